The maximum atomic E-state index is 12.2. The SMILES string of the molecule is COc1ccc2c(CN3CCN(Cc4cc(=O)n5ccsc5n4)CC3)cc(=O)oc2c1. The minimum Gasteiger partial charge on any atom is -0.497 e. The van der Waals surface area contributed by atoms with Crippen molar-refractivity contribution in [3.8, 4) is 5.75 Å². The molecule has 0 N–H and O–H groups in total. The van der Waals surface area contributed by atoms with E-state index in [1.165, 1.54) is 11.3 Å². The Morgan fingerprint density at radius 2 is 1.84 bits per heavy atom. The van der Waals surface area contributed by atoms with Crippen molar-refractivity contribution in [1.29, 1.82) is 0 Å². The minimum atomic E-state index is -0.351. The second-order valence-corrected chi connectivity index (χ2v) is 8.52. The summed E-state index contributed by atoms with van der Waals surface area (Å²) in [5, 5.41) is 2.80. The van der Waals surface area contributed by atoms with Crippen LogP contribution >= 0.6 is 11.3 Å². The molecule has 0 bridgehead atoms. The Morgan fingerprint density at radius 1 is 1.06 bits per heavy atom. The Labute approximate surface area is 181 Å². The Kier molecular flexibility index (Phi) is 5.31. The van der Waals surface area contributed by atoms with Gasteiger partial charge in [-0.2, -0.15) is 0 Å². The van der Waals surface area contributed by atoms with Crippen LogP contribution in [0.2, 0.25) is 0 Å². The summed E-state index contributed by atoms with van der Waals surface area (Å²) in [5.74, 6) is 0.662. The molecule has 0 radical (unpaired) electrons. The molecule has 0 atom stereocenters. The summed E-state index contributed by atoms with van der Waals surface area (Å²) in [4.78, 5) is 34.2. The first-order valence-corrected chi connectivity index (χ1v) is 11.0. The molecule has 1 saturated heterocycles. The normalized spacial score (nSPS) is 15.6. The van der Waals surface area contributed by atoms with E-state index in [1.807, 2.05) is 17.5 Å². The average Bonchev–Trinajstić information content (AvgIpc) is 3.24. The summed E-state index contributed by atoms with van der Waals surface area (Å²) >= 11 is 1.47. The summed E-state index contributed by atoms with van der Waals surface area (Å²) in [6.45, 7) is 4.84. The molecule has 1 aliphatic rings. The Bertz CT molecular complexity index is 1350. The van der Waals surface area contributed by atoms with Crippen LogP contribution in [0.5, 0.6) is 5.75 Å². The largest absolute Gasteiger partial charge is 0.497 e. The van der Waals surface area contributed by atoms with Gasteiger partial charge in [0.05, 0.1) is 12.8 Å². The molecule has 0 spiro atoms. The smallest absolute Gasteiger partial charge is 0.336 e. The van der Waals surface area contributed by atoms with E-state index in [0.717, 1.165) is 47.8 Å². The van der Waals surface area contributed by atoms with E-state index >= 15 is 0 Å². The molecule has 1 fully saturated rings. The van der Waals surface area contributed by atoms with Crippen LogP contribution in [0, 0.1) is 0 Å². The molecular formula is C22H22N4O4S. The molecule has 0 saturated carbocycles. The number of nitrogens with zero attached hydrogens (tertiary/aromatic N) is 4. The zero-order chi connectivity index (χ0) is 21.4. The van der Waals surface area contributed by atoms with Crippen LogP contribution < -0.4 is 15.9 Å². The van der Waals surface area contributed by atoms with Crippen LogP contribution in [-0.4, -0.2) is 52.5 Å². The van der Waals surface area contributed by atoms with E-state index in [-0.39, 0.29) is 11.2 Å². The number of piperazine rings is 1. The molecule has 9 heteroatoms. The number of methoxy groups -OCH3 is 1. The lowest BCUT2D eigenvalue weighted by Crippen LogP contribution is -2.45. The first-order chi connectivity index (χ1) is 15.1. The summed E-state index contributed by atoms with van der Waals surface area (Å²) in [7, 11) is 1.59. The van der Waals surface area contributed by atoms with Gasteiger partial charge in [0.25, 0.3) is 5.56 Å². The predicted molar refractivity (Wildman–Crippen MR) is 119 cm³/mol. The zero-order valence-electron chi connectivity index (χ0n) is 17.1. The van der Waals surface area contributed by atoms with Crippen LogP contribution in [0.15, 0.2) is 55.9 Å². The van der Waals surface area contributed by atoms with Gasteiger partial charge in [-0.1, -0.05) is 0 Å². The van der Waals surface area contributed by atoms with Gasteiger partial charge in [-0.3, -0.25) is 19.0 Å². The average molecular weight is 439 g/mol. The van der Waals surface area contributed by atoms with Crippen LogP contribution in [0.25, 0.3) is 15.9 Å². The van der Waals surface area contributed by atoms with Crippen molar-refractivity contribution >= 4 is 27.3 Å². The number of benzene rings is 1. The number of ether oxygens (including phenoxy) is 1. The van der Waals surface area contributed by atoms with Crippen molar-refractivity contribution in [2.24, 2.45) is 0 Å². The van der Waals surface area contributed by atoms with Gasteiger partial charge in [-0.25, -0.2) is 9.78 Å². The number of fused-ring (bicyclic) bond motifs is 2. The topological polar surface area (TPSA) is 80.3 Å². The quantitative estimate of drug-likeness (QED) is 0.442. The van der Waals surface area contributed by atoms with Gasteiger partial charge in [-0.05, 0) is 17.7 Å². The van der Waals surface area contributed by atoms with E-state index in [0.29, 0.717) is 24.4 Å². The predicted octanol–water partition coefficient (Wildman–Crippen LogP) is 2.19. The molecule has 0 amide bonds. The second-order valence-electron chi connectivity index (χ2n) is 7.65. The van der Waals surface area contributed by atoms with Gasteiger partial charge in [0, 0.05) is 74.4 Å². The number of hydrogen-bond donors (Lipinski definition) is 0. The molecule has 8 nitrogen and oxygen atoms in total. The van der Waals surface area contributed by atoms with E-state index in [4.69, 9.17) is 9.15 Å². The first kappa shape index (κ1) is 19.9. The van der Waals surface area contributed by atoms with E-state index in [9.17, 15) is 9.59 Å². The van der Waals surface area contributed by atoms with Crippen molar-refractivity contribution in [3.05, 3.63) is 73.9 Å². The lowest BCUT2D eigenvalue weighted by molar-refractivity contribution is 0.121. The zero-order valence-corrected chi connectivity index (χ0v) is 17.9. The summed E-state index contributed by atoms with van der Waals surface area (Å²) in [6, 6.07) is 8.76. The third kappa shape index (κ3) is 4.12. The van der Waals surface area contributed by atoms with Crippen LogP contribution in [0.1, 0.15) is 11.3 Å². The number of aromatic nitrogens is 2. The van der Waals surface area contributed by atoms with E-state index in [1.54, 1.807) is 35.9 Å². The van der Waals surface area contributed by atoms with Crippen LogP contribution in [0.4, 0.5) is 0 Å². The Balaban J connectivity index is 1.26. The Morgan fingerprint density at radius 3 is 2.61 bits per heavy atom. The molecule has 160 valence electrons. The van der Waals surface area contributed by atoms with Gasteiger partial charge < -0.3 is 9.15 Å². The second kappa shape index (κ2) is 8.26. The molecule has 1 aromatic carbocycles. The number of thiazole rings is 1. The molecule has 3 aromatic heterocycles. The van der Waals surface area contributed by atoms with Gasteiger partial charge in [0.2, 0.25) is 0 Å². The van der Waals surface area contributed by atoms with Gasteiger partial charge in [0.15, 0.2) is 4.96 Å². The molecule has 1 aliphatic heterocycles. The monoisotopic (exact) mass is 438 g/mol. The van der Waals surface area contributed by atoms with E-state index in [2.05, 4.69) is 14.8 Å². The molecule has 4 heterocycles. The lowest BCUT2D eigenvalue weighted by atomic mass is 10.1. The highest BCUT2D eigenvalue weighted by Crippen LogP contribution is 2.24. The molecule has 5 rings (SSSR count). The van der Waals surface area contributed by atoms with Crippen molar-refractivity contribution in [3.63, 3.8) is 0 Å². The maximum Gasteiger partial charge on any atom is 0.336 e. The summed E-state index contributed by atoms with van der Waals surface area (Å²) < 4.78 is 12.2. The number of rotatable bonds is 5. The fourth-order valence-corrected chi connectivity index (χ4v) is 4.75. The fraction of sp³-hybridized carbons (Fsp3) is 0.318. The highest BCUT2D eigenvalue weighted by atomic mass is 32.1. The standard InChI is InChI=1S/C22H22N4O4S/c1-29-17-2-3-18-15(10-21(28)30-19(18)12-17)13-24-4-6-25(7-5-24)14-16-11-20(27)26-8-9-31-22(26)23-16/h2-3,8-12H,4-7,13-14H2,1H3. The minimum absolute atomic E-state index is 0.0358. The van der Waals surface area contributed by atoms with Crippen LogP contribution in [0.3, 0.4) is 0 Å². The highest BCUT2D eigenvalue weighted by Gasteiger charge is 2.19. The molecule has 4 aromatic rings. The van der Waals surface area contributed by atoms with Gasteiger partial charge >= 0.3 is 5.63 Å². The molecule has 0 unspecified atom stereocenters. The highest BCUT2D eigenvalue weighted by molar-refractivity contribution is 7.15. The Hall–Kier alpha value is -3.01. The van der Waals surface area contributed by atoms with Crippen molar-refractivity contribution < 1.29 is 9.15 Å². The third-order valence-corrected chi connectivity index (χ3v) is 6.39. The summed E-state index contributed by atoms with van der Waals surface area (Å²) in [5.41, 5.74) is 1.92. The van der Waals surface area contributed by atoms with Crippen molar-refractivity contribution in [2.75, 3.05) is 33.3 Å². The van der Waals surface area contributed by atoms with Gasteiger partial charge in [0.1, 0.15) is 11.3 Å². The number of hydrogen-bond acceptors (Lipinski definition) is 8. The lowest BCUT2D eigenvalue weighted by Gasteiger charge is -2.34. The molecule has 0 aliphatic carbocycles. The third-order valence-electron chi connectivity index (χ3n) is 5.64. The van der Waals surface area contributed by atoms with Crippen molar-refractivity contribution in [1.82, 2.24) is 19.2 Å². The van der Waals surface area contributed by atoms with Crippen molar-refractivity contribution in [2.45, 2.75) is 13.1 Å². The first-order valence-electron chi connectivity index (χ1n) is 10.1. The molecular weight excluding hydrogens is 416 g/mol. The molecule has 31 heavy (non-hydrogen) atoms. The van der Waals surface area contributed by atoms with Gasteiger partial charge in [-0.15, -0.1) is 11.3 Å². The van der Waals surface area contributed by atoms with E-state index < -0.39 is 0 Å². The summed E-state index contributed by atoms with van der Waals surface area (Å²) in [6.07, 6.45) is 1.75. The van der Waals surface area contributed by atoms with Crippen LogP contribution in [-0.2, 0) is 13.1 Å². The fourth-order valence-electron chi connectivity index (χ4n) is 4.01. The maximum absolute atomic E-state index is 12.2.